The van der Waals surface area contributed by atoms with Gasteiger partial charge >= 0.3 is 0 Å². The van der Waals surface area contributed by atoms with Gasteiger partial charge in [-0.1, -0.05) is 5.16 Å². The number of nitrogens with zero attached hydrogens (tertiary/aromatic N) is 3. The summed E-state index contributed by atoms with van der Waals surface area (Å²) in [5.41, 5.74) is 2.81. The molecule has 1 atom stereocenters. The van der Waals surface area contributed by atoms with Crippen LogP contribution in [0.25, 0.3) is 0 Å². The molecule has 0 amide bonds. The lowest BCUT2D eigenvalue weighted by molar-refractivity contribution is 0.0390. The summed E-state index contributed by atoms with van der Waals surface area (Å²) in [7, 11) is 1.87. The van der Waals surface area contributed by atoms with Crippen LogP contribution in [0.5, 0.6) is 0 Å². The molecule has 1 aliphatic heterocycles. The Labute approximate surface area is 82.0 Å². The van der Waals surface area contributed by atoms with E-state index in [1.54, 1.807) is 4.68 Å². The highest BCUT2D eigenvalue weighted by atomic mass is 16.6. The van der Waals surface area contributed by atoms with Gasteiger partial charge < -0.3 is 9.94 Å². The van der Waals surface area contributed by atoms with Crippen LogP contribution in [-0.4, -0.2) is 33.3 Å². The number of aryl methyl sites for hydroxylation is 2. The summed E-state index contributed by atoms with van der Waals surface area (Å²) in [5.74, 6) is 0. The summed E-state index contributed by atoms with van der Waals surface area (Å²) in [6.07, 6.45) is 2.38. The first kappa shape index (κ1) is 9.21. The van der Waals surface area contributed by atoms with Crippen LogP contribution in [0.4, 0.5) is 0 Å². The quantitative estimate of drug-likeness (QED) is 0.734. The molecule has 5 heteroatoms. The number of aliphatic hydroxyl groups excluding tert-OH is 1. The molecular weight excluding hydrogens is 182 g/mol. The molecule has 1 aromatic rings. The minimum Gasteiger partial charge on any atom is -0.392 e. The molecule has 0 saturated carbocycles. The lowest BCUT2D eigenvalue weighted by Gasteiger charge is -2.00. The van der Waals surface area contributed by atoms with Crippen LogP contribution < -0.4 is 0 Å². The predicted octanol–water partition coefficient (Wildman–Crippen LogP) is 0.214. The van der Waals surface area contributed by atoms with E-state index in [0.717, 1.165) is 17.0 Å². The summed E-state index contributed by atoms with van der Waals surface area (Å²) in [4.78, 5) is 5.03. The predicted molar refractivity (Wildman–Crippen MR) is 51.1 cm³/mol. The topological polar surface area (TPSA) is 59.6 Å². The van der Waals surface area contributed by atoms with Crippen molar-refractivity contribution < 1.29 is 9.94 Å². The van der Waals surface area contributed by atoms with Crippen molar-refractivity contribution in [1.29, 1.82) is 0 Å². The molecule has 1 unspecified atom stereocenters. The van der Waals surface area contributed by atoms with Gasteiger partial charge in [-0.3, -0.25) is 4.68 Å². The van der Waals surface area contributed by atoms with Crippen molar-refractivity contribution in [2.45, 2.75) is 19.4 Å². The zero-order valence-corrected chi connectivity index (χ0v) is 8.27. The molecule has 0 aliphatic carbocycles. The fourth-order valence-corrected chi connectivity index (χ4v) is 1.57. The lowest BCUT2D eigenvalue weighted by Crippen LogP contribution is -2.12. The standard InChI is InChI=1S/C9H13N3O2/c1-6-8(4-12(2)10-6)9-3-7(5-13)14-11-9/h4,7,13H,3,5H2,1-2H3. The van der Waals surface area contributed by atoms with E-state index >= 15 is 0 Å². The van der Waals surface area contributed by atoms with Gasteiger partial charge in [0.05, 0.1) is 18.0 Å². The second kappa shape index (κ2) is 3.42. The van der Waals surface area contributed by atoms with E-state index < -0.39 is 0 Å². The number of oxime groups is 1. The summed E-state index contributed by atoms with van der Waals surface area (Å²) in [6, 6.07) is 0. The first-order valence-electron chi connectivity index (χ1n) is 4.55. The van der Waals surface area contributed by atoms with Crippen molar-refractivity contribution >= 4 is 5.71 Å². The molecule has 0 bridgehead atoms. The Balaban J connectivity index is 2.21. The van der Waals surface area contributed by atoms with E-state index in [1.807, 2.05) is 20.2 Å². The van der Waals surface area contributed by atoms with Gasteiger partial charge in [0.15, 0.2) is 6.10 Å². The van der Waals surface area contributed by atoms with Gasteiger partial charge in [0.1, 0.15) is 0 Å². The van der Waals surface area contributed by atoms with Gasteiger partial charge in [0, 0.05) is 25.2 Å². The Morgan fingerprint density at radius 2 is 2.50 bits per heavy atom. The largest absolute Gasteiger partial charge is 0.392 e. The maximum Gasteiger partial charge on any atom is 0.156 e. The fourth-order valence-electron chi connectivity index (χ4n) is 1.57. The highest BCUT2D eigenvalue weighted by Crippen LogP contribution is 2.17. The Hall–Kier alpha value is -1.36. The van der Waals surface area contributed by atoms with Crippen molar-refractivity contribution in [2.75, 3.05) is 6.61 Å². The highest BCUT2D eigenvalue weighted by molar-refractivity contribution is 6.01. The highest BCUT2D eigenvalue weighted by Gasteiger charge is 2.23. The normalized spacial score (nSPS) is 20.8. The van der Waals surface area contributed by atoms with Gasteiger partial charge in [-0.2, -0.15) is 5.10 Å². The second-order valence-corrected chi connectivity index (χ2v) is 3.45. The number of aromatic nitrogens is 2. The molecule has 1 aliphatic rings. The van der Waals surface area contributed by atoms with Gasteiger partial charge in [-0.05, 0) is 6.92 Å². The van der Waals surface area contributed by atoms with E-state index in [0.29, 0.717) is 6.42 Å². The zero-order chi connectivity index (χ0) is 10.1. The molecule has 0 radical (unpaired) electrons. The smallest absolute Gasteiger partial charge is 0.156 e. The molecule has 2 rings (SSSR count). The Kier molecular flexibility index (Phi) is 2.25. The van der Waals surface area contributed by atoms with E-state index in [2.05, 4.69) is 10.3 Å². The third-order valence-electron chi connectivity index (χ3n) is 2.26. The van der Waals surface area contributed by atoms with E-state index in [9.17, 15) is 0 Å². The van der Waals surface area contributed by atoms with Gasteiger partial charge in [0.2, 0.25) is 0 Å². The average molecular weight is 195 g/mol. The SMILES string of the molecule is Cc1nn(C)cc1C1=NOC(CO)C1. The summed E-state index contributed by atoms with van der Waals surface area (Å²) < 4.78 is 1.75. The van der Waals surface area contributed by atoms with Crippen molar-refractivity contribution in [1.82, 2.24) is 9.78 Å². The third-order valence-corrected chi connectivity index (χ3v) is 2.26. The molecule has 2 heterocycles. The summed E-state index contributed by atoms with van der Waals surface area (Å²) >= 11 is 0. The van der Waals surface area contributed by atoms with Crippen molar-refractivity contribution in [3.05, 3.63) is 17.5 Å². The lowest BCUT2D eigenvalue weighted by atomic mass is 10.1. The summed E-state index contributed by atoms with van der Waals surface area (Å²) in [6.45, 7) is 1.94. The Morgan fingerprint density at radius 3 is 3.00 bits per heavy atom. The number of hydrogen-bond donors (Lipinski definition) is 1. The minimum atomic E-state index is -0.190. The van der Waals surface area contributed by atoms with E-state index in [1.165, 1.54) is 0 Å². The van der Waals surface area contributed by atoms with Crippen molar-refractivity contribution in [3.63, 3.8) is 0 Å². The molecule has 14 heavy (non-hydrogen) atoms. The molecule has 0 fully saturated rings. The van der Waals surface area contributed by atoms with Crippen LogP contribution in [0.15, 0.2) is 11.4 Å². The van der Waals surface area contributed by atoms with Gasteiger partial charge in [-0.15, -0.1) is 0 Å². The third kappa shape index (κ3) is 1.50. The number of aliphatic hydroxyl groups is 1. The molecule has 1 N–H and O–H groups in total. The molecule has 76 valence electrons. The van der Waals surface area contributed by atoms with Crippen LogP contribution in [-0.2, 0) is 11.9 Å². The van der Waals surface area contributed by atoms with Crippen LogP contribution in [0.3, 0.4) is 0 Å². The van der Waals surface area contributed by atoms with Crippen molar-refractivity contribution in [3.8, 4) is 0 Å². The molecule has 0 saturated heterocycles. The van der Waals surface area contributed by atoms with Crippen LogP contribution >= 0.6 is 0 Å². The first-order chi connectivity index (χ1) is 6.70. The van der Waals surface area contributed by atoms with Crippen LogP contribution in [0.1, 0.15) is 17.7 Å². The van der Waals surface area contributed by atoms with Gasteiger partial charge in [0.25, 0.3) is 0 Å². The number of rotatable bonds is 2. The van der Waals surface area contributed by atoms with Gasteiger partial charge in [-0.25, -0.2) is 0 Å². The molecule has 0 spiro atoms. The molecule has 0 aromatic carbocycles. The summed E-state index contributed by atoms with van der Waals surface area (Å²) in [5, 5.41) is 17.0. The van der Waals surface area contributed by atoms with E-state index in [-0.39, 0.29) is 12.7 Å². The maximum absolute atomic E-state index is 8.89. The Morgan fingerprint density at radius 1 is 1.71 bits per heavy atom. The molecular formula is C9H13N3O2. The average Bonchev–Trinajstić information content (AvgIpc) is 2.71. The first-order valence-corrected chi connectivity index (χ1v) is 4.55. The second-order valence-electron chi connectivity index (χ2n) is 3.45. The molecule has 5 nitrogen and oxygen atoms in total. The number of hydrogen-bond acceptors (Lipinski definition) is 4. The Bertz CT molecular complexity index is 370. The van der Waals surface area contributed by atoms with Crippen molar-refractivity contribution in [2.24, 2.45) is 12.2 Å². The minimum absolute atomic E-state index is 0.00626. The molecule has 1 aromatic heterocycles. The van der Waals surface area contributed by atoms with E-state index in [4.69, 9.17) is 9.94 Å². The maximum atomic E-state index is 8.89. The van der Waals surface area contributed by atoms with Crippen LogP contribution in [0.2, 0.25) is 0 Å². The fraction of sp³-hybridized carbons (Fsp3) is 0.556. The monoisotopic (exact) mass is 195 g/mol. The zero-order valence-electron chi connectivity index (χ0n) is 8.27. The van der Waals surface area contributed by atoms with Crippen LogP contribution in [0, 0.1) is 6.92 Å².